The van der Waals surface area contributed by atoms with Crippen LogP contribution in [0.25, 0.3) is 10.2 Å². The van der Waals surface area contributed by atoms with Crippen molar-refractivity contribution >= 4 is 38.3 Å². The lowest BCUT2D eigenvalue weighted by atomic mass is 9.99. The second kappa shape index (κ2) is 12.2. The number of rotatable bonds is 11. The summed E-state index contributed by atoms with van der Waals surface area (Å²) in [4.78, 5) is 22.9. The molecule has 12 heteroatoms. The number of benzene rings is 3. The minimum atomic E-state index is -0.370. The maximum absolute atomic E-state index is 12.7. The standard InChI is InChI=1S/C29H29N3O8S/c1-34-18-7-9-26-20(13-18)30-29(41-26)31-27(33)15-39-23-10-16(6-8-21(23)35-2)22-14-19(32-40-22)17-11-24(36-3)28(38-5)25(12-17)37-4/h6-13,22H,14-15H2,1-5H3,(H,30,31,33). The highest BCUT2D eigenvalue weighted by Crippen LogP contribution is 2.41. The Labute approximate surface area is 240 Å². The summed E-state index contributed by atoms with van der Waals surface area (Å²) in [5, 5.41) is 7.56. The molecule has 2 heterocycles. The quantitative estimate of drug-likeness (QED) is 0.255. The van der Waals surface area contributed by atoms with E-state index >= 15 is 0 Å². The number of ether oxygens (including phenoxy) is 6. The number of anilines is 1. The molecule has 3 aromatic carbocycles. The molecule has 0 aliphatic carbocycles. The SMILES string of the molecule is COc1ccc2sc(NC(=O)COc3cc(C4CC(c5cc(OC)c(OC)c(OC)c5)=NO4)ccc3OC)nc2c1. The fourth-order valence-electron chi connectivity index (χ4n) is 4.37. The van der Waals surface area contributed by atoms with E-state index in [1.165, 1.54) is 18.4 Å². The number of fused-ring (bicyclic) bond motifs is 1. The number of nitrogens with one attached hydrogen (secondary N) is 1. The second-order valence-electron chi connectivity index (χ2n) is 8.85. The summed E-state index contributed by atoms with van der Waals surface area (Å²) in [6, 6.07) is 14.6. The first-order valence-electron chi connectivity index (χ1n) is 12.5. The van der Waals surface area contributed by atoms with Crippen molar-refractivity contribution in [2.24, 2.45) is 5.16 Å². The van der Waals surface area contributed by atoms with E-state index in [1.54, 1.807) is 40.6 Å². The van der Waals surface area contributed by atoms with Gasteiger partial charge in [0, 0.05) is 18.1 Å². The van der Waals surface area contributed by atoms with Crippen LogP contribution in [0.15, 0.2) is 53.7 Å². The van der Waals surface area contributed by atoms with Crippen LogP contribution in [-0.2, 0) is 9.63 Å². The van der Waals surface area contributed by atoms with Gasteiger partial charge in [0.05, 0.1) is 51.5 Å². The predicted molar refractivity (Wildman–Crippen MR) is 154 cm³/mol. The number of thiazole rings is 1. The number of nitrogens with zero attached hydrogens (tertiary/aromatic N) is 2. The average Bonchev–Trinajstić information content (AvgIpc) is 3.66. The number of oxime groups is 1. The van der Waals surface area contributed by atoms with Crippen molar-refractivity contribution in [2.45, 2.75) is 12.5 Å². The van der Waals surface area contributed by atoms with Crippen LogP contribution >= 0.6 is 11.3 Å². The summed E-state index contributed by atoms with van der Waals surface area (Å²) < 4.78 is 33.8. The van der Waals surface area contributed by atoms with Gasteiger partial charge < -0.3 is 33.3 Å². The zero-order valence-corrected chi connectivity index (χ0v) is 24.0. The van der Waals surface area contributed by atoms with Gasteiger partial charge in [-0.05, 0) is 42.0 Å². The van der Waals surface area contributed by atoms with E-state index in [-0.39, 0.29) is 18.6 Å². The number of amides is 1. The zero-order valence-electron chi connectivity index (χ0n) is 23.2. The minimum Gasteiger partial charge on any atom is -0.497 e. The maximum atomic E-state index is 12.7. The van der Waals surface area contributed by atoms with Crippen molar-refractivity contribution in [2.75, 3.05) is 47.5 Å². The predicted octanol–water partition coefficient (Wildman–Crippen LogP) is 5.22. The Morgan fingerprint density at radius 1 is 0.902 bits per heavy atom. The average molecular weight is 580 g/mol. The van der Waals surface area contributed by atoms with Gasteiger partial charge in [0.25, 0.3) is 5.91 Å². The molecule has 0 saturated heterocycles. The van der Waals surface area contributed by atoms with Gasteiger partial charge in [0.1, 0.15) is 5.75 Å². The first kappa shape index (κ1) is 27.8. The highest BCUT2D eigenvalue weighted by atomic mass is 32.1. The maximum Gasteiger partial charge on any atom is 0.264 e. The van der Waals surface area contributed by atoms with E-state index in [0.717, 1.165) is 27.1 Å². The molecule has 0 fully saturated rings. The molecule has 1 N–H and O–H groups in total. The molecule has 0 bridgehead atoms. The first-order valence-corrected chi connectivity index (χ1v) is 13.4. The molecule has 0 radical (unpaired) electrons. The van der Waals surface area contributed by atoms with Crippen molar-refractivity contribution in [3.8, 4) is 34.5 Å². The van der Waals surface area contributed by atoms with Crippen LogP contribution in [0.2, 0.25) is 0 Å². The molecule has 1 atom stereocenters. The van der Waals surface area contributed by atoms with Crippen LogP contribution in [0.4, 0.5) is 5.13 Å². The Balaban J connectivity index is 1.26. The number of hydrogen-bond donors (Lipinski definition) is 1. The molecule has 0 saturated carbocycles. The van der Waals surface area contributed by atoms with E-state index in [4.69, 9.17) is 33.3 Å². The van der Waals surface area contributed by atoms with E-state index in [2.05, 4.69) is 15.5 Å². The summed E-state index contributed by atoms with van der Waals surface area (Å²) >= 11 is 1.37. The van der Waals surface area contributed by atoms with Crippen LogP contribution in [0.5, 0.6) is 34.5 Å². The van der Waals surface area contributed by atoms with Gasteiger partial charge in [0.15, 0.2) is 40.8 Å². The fraction of sp³-hybridized carbons (Fsp3) is 0.276. The molecular weight excluding hydrogens is 550 g/mol. The Morgan fingerprint density at radius 3 is 2.34 bits per heavy atom. The van der Waals surface area contributed by atoms with Crippen LogP contribution < -0.4 is 33.7 Å². The smallest absolute Gasteiger partial charge is 0.264 e. The number of methoxy groups -OCH3 is 5. The van der Waals surface area contributed by atoms with Crippen LogP contribution in [0, 0.1) is 0 Å². The lowest BCUT2D eigenvalue weighted by molar-refractivity contribution is -0.118. The van der Waals surface area contributed by atoms with Crippen molar-refractivity contribution in [3.63, 3.8) is 0 Å². The third kappa shape index (κ3) is 5.92. The van der Waals surface area contributed by atoms with Gasteiger partial charge in [-0.3, -0.25) is 10.1 Å². The topological polar surface area (TPSA) is 119 Å². The summed E-state index contributed by atoms with van der Waals surface area (Å²) in [6.45, 7) is -0.238. The Hall–Kier alpha value is -4.71. The molecule has 1 unspecified atom stereocenters. The van der Waals surface area contributed by atoms with Gasteiger partial charge in [-0.2, -0.15) is 0 Å². The largest absolute Gasteiger partial charge is 0.497 e. The molecule has 1 aliphatic heterocycles. The lowest BCUT2D eigenvalue weighted by Crippen LogP contribution is -2.20. The van der Waals surface area contributed by atoms with Gasteiger partial charge in [-0.25, -0.2) is 4.98 Å². The molecular formula is C29H29N3O8S. The molecule has 1 aliphatic rings. The van der Waals surface area contributed by atoms with E-state index < -0.39 is 0 Å². The fourth-order valence-corrected chi connectivity index (χ4v) is 5.23. The van der Waals surface area contributed by atoms with Gasteiger partial charge >= 0.3 is 0 Å². The molecule has 214 valence electrons. The normalized spacial score (nSPS) is 14.2. The summed E-state index contributed by atoms with van der Waals surface area (Å²) in [6.07, 6.45) is 0.124. The highest BCUT2D eigenvalue weighted by Gasteiger charge is 2.27. The number of hydrogen-bond acceptors (Lipinski definition) is 11. The molecule has 0 spiro atoms. The van der Waals surface area contributed by atoms with E-state index in [1.807, 2.05) is 36.4 Å². The monoisotopic (exact) mass is 579 g/mol. The van der Waals surface area contributed by atoms with E-state index in [9.17, 15) is 4.79 Å². The van der Waals surface area contributed by atoms with Crippen molar-refractivity contribution in [3.05, 3.63) is 59.7 Å². The van der Waals surface area contributed by atoms with Crippen molar-refractivity contribution in [1.29, 1.82) is 0 Å². The lowest BCUT2D eigenvalue weighted by Gasteiger charge is -2.15. The number of carbonyl (C=O) groups is 1. The molecule has 4 aromatic rings. The Kier molecular flexibility index (Phi) is 8.29. The number of carbonyl (C=O) groups excluding carboxylic acids is 1. The zero-order chi connectivity index (χ0) is 28.9. The summed E-state index contributed by atoms with van der Waals surface area (Å²) in [7, 11) is 7.81. The second-order valence-corrected chi connectivity index (χ2v) is 9.88. The van der Waals surface area contributed by atoms with Gasteiger partial charge in [-0.1, -0.05) is 22.6 Å². The third-order valence-corrected chi connectivity index (χ3v) is 7.38. The van der Waals surface area contributed by atoms with Gasteiger partial charge in [0.2, 0.25) is 5.75 Å². The van der Waals surface area contributed by atoms with E-state index in [0.29, 0.717) is 46.0 Å². The van der Waals surface area contributed by atoms with Crippen molar-refractivity contribution in [1.82, 2.24) is 4.98 Å². The molecule has 5 rings (SSSR count). The summed E-state index contributed by atoms with van der Waals surface area (Å²) in [5.41, 5.74) is 3.06. The molecule has 1 amide bonds. The van der Waals surface area contributed by atoms with Crippen LogP contribution in [0.3, 0.4) is 0 Å². The van der Waals surface area contributed by atoms with Gasteiger partial charge in [-0.15, -0.1) is 0 Å². The number of aromatic nitrogens is 1. The van der Waals surface area contributed by atoms with Crippen LogP contribution in [-0.4, -0.2) is 58.8 Å². The summed E-state index contributed by atoms with van der Waals surface area (Å²) in [5.74, 6) is 2.78. The highest BCUT2D eigenvalue weighted by molar-refractivity contribution is 7.22. The van der Waals surface area contributed by atoms with Crippen LogP contribution in [0.1, 0.15) is 23.7 Å². The molecule has 1 aromatic heterocycles. The van der Waals surface area contributed by atoms with Crippen molar-refractivity contribution < 1.29 is 38.1 Å². The molecule has 11 nitrogen and oxygen atoms in total. The first-order chi connectivity index (χ1) is 20.0. The minimum absolute atomic E-state index is 0.238. The third-order valence-electron chi connectivity index (χ3n) is 6.43. The Morgan fingerprint density at radius 2 is 1.66 bits per heavy atom. The molecule has 41 heavy (non-hydrogen) atoms. The Bertz CT molecular complexity index is 1580.